The number of halogens is 1. The van der Waals surface area contributed by atoms with Crippen molar-refractivity contribution in [2.75, 3.05) is 11.9 Å². The Hall–Kier alpha value is -1.37. The molecule has 2 fully saturated rings. The van der Waals surface area contributed by atoms with Gasteiger partial charge in [-0.05, 0) is 44.4 Å². The molecule has 1 spiro atoms. The van der Waals surface area contributed by atoms with E-state index < -0.39 is 0 Å². The Morgan fingerprint density at radius 2 is 2.15 bits per heavy atom. The number of hydrogen-bond acceptors (Lipinski definition) is 5. The molecule has 2 aromatic heterocycles. The lowest BCUT2D eigenvalue weighted by atomic mass is 9.76. The zero-order valence-electron chi connectivity index (χ0n) is 14.9. The van der Waals surface area contributed by atoms with Crippen molar-refractivity contribution in [1.29, 1.82) is 0 Å². The number of nitrogens with one attached hydrogen (secondary N) is 1. The van der Waals surface area contributed by atoms with Crippen molar-refractivity contribution in [3.8, 4) is 0 Å². The normalized spacial score (nSPS) is 29.7. The van der Waals surface area contributed by atoms with Crippen molar-refractivity contribution in [3.63, 3.8) is 0 Å². The van der Waals surface area contributed by atoms with E-state index in [1.807, 2.05) is 4.52 Å². The van der Waals surface area contributed by atoms with Gasteiger partial charge in [-0.25, -0.2) is 4.98 Å². The van der Waals surface area contributed by atoms with Gasteiger partial charge in [0.25, 0.3) is 0 Å². The van der Waals surface area contributed by atoms with Crippen LogP contribution in [0.25, 0.3) is 5.65 Å². The van der Waals surface area contributed by atoms with Gasteiger partial charge in [0, 0.05) is 29.7 Å². The second-order valence-corrected chi connectivity index (χ2v) is 8.78. The van der Waals surface area contributed by atoms with E-state index in [9.17, 15) is 5.11 Å². The van der Waals surface area contributed by atoms with Crippen molar-refractivity contribution in [2.45, 2.75) is 68.9 Å². The topological polar surface area (TPSA) is 88.5 Å². The summed E-state index contributed by atoms with van der Waals surface area (Å²) < 4.78 is 1.85. The van der Waals surface area contributed by atoms with E-state index in [2.05, 4.69) is 10.4 Å². The minimum Gasteiger partial charge on any atom is -0.396 e. The van der Waals surface area contributed by atoms with E-state index in [4.69, 9.17) is 22.3 Å². The molecule has 6 nitrogen and oxygen atoms in total. The summed E-state index contributed by atoms with van der Waals surface area (Å²) in [6.45, 7) is 0.208. The summed E-state index contributed by atoms with van der Waals surface area (Å²) in [5.74, 6) is 1.25. The van der Waals surface area contributed by atoms with Gasteiger partial charge in [0.2, 0.25) is 0 Å². The Morgan fingerprint density at radius 3 is 2.85 bits per heavy atom. The van der Waals surface area contributed by atoms with Gasteiger partial charge < -0.3 is 16.2 Å². The van der Waals surface area contributed by atoms with E-state index in [0.29, 0.717) is 11.1 Å². The van der Waals surface area contributed by atoms with Crippen LogP contribution in [-0.4, -0.2) is 38.4 Å². The quantitative estimate of drug-likeness (QED) is 0.767. The van der Waals surface area contributed by atoms with E-state index in [1.54, 1.807) is 6.20 Å². The van der Waals surface area contributed by atoms with E-state index >= 15 is 0 Å². The van der Waals surface area contributed by atoms with Crippen LogP contribution in [0.2, 0.25) is 5.02 Å². The number of aliphatic hydroxyl groups excluding tert-OH is 1. The fourth-order valence-electron chi connectivity index (χ4n) is 5.62. The Bertz CT molecular complexity index is 844. The number of fused-ring (bicyclic) bond motifs is 3. The molecule has 0 amide bonds. The number of nitrogens with zero attached hydrogens (tertiary/aromatic N) is 3. The first-order valence-corrected chi connectivity index (χ1v) is 10.2. The highest BCUT2D eigenvalue weighted by Gasteiger charge is 2.51. The number of aliphatic hydroxyl groups is 1. The van der Waals surface area contributed by atoms with Crippen LogP contribution >= 0.6 is 11.6 Å². The highest BCUT2D eigenvalue weighted by Crippen LogP contribution is 2.54. The predicted octanol–water partition coefficient (Wildman–Crippen LogP) is 2.65. The molecule has 3 aliphatic rings. The summed E-state index contributed by atoms with van der Waals surface area (Å²) >= 11 is 6.41. The molecule has 3 atom stereocenters. The van der Waals surface area contributed by atoms with Crippen LogP contribution in [0.5, 0.6) is 0 Å². The van der Waals surface area contributed by atoms with Crippen LogP contribution in [0.1, 0.15) is 56.2 Å². The van der Waals surface area contributed by atoms with Crippen molar-refractivity contribution < 1.29 is 5.11 Å². The molecule has 2 heterocycles. The van der Waals surface area contributed by atoms with Crippen LogP contribution in [0, 0.1) is 5.92 Å². The van der Waals surface area contributed by atoms with Crippen molar-refractivity contribution in [3.05, 3.63) is 22.5 Å². The predicted molar refractivity (Wildman–Crippen MR) is 102 cm³/mol. The minimum atomic E-state index is 0.00193. The SMILES string of the molecule is N[C@H]1CC[C@H](Nc2c3c(nc4c(Cl)cnn24)C2(CCCC2)C(CO)C3)C1. The van der Waals surface area contributed by atoms with E-state index in [-0.39, 0.29) is 24.0 Å². The first-order valence-electron chi connectivity index (χ1n) is 9.82. The smallest absolute Gasteiger partial charge is 0.176 e. The molecular weight excluding hydrogens is 350 g/mol. The lowest BCUT2D eigenvalue weighted by Crippen LogP contribution is -2.31. The van der Waals surface area contributed by atoms with Gasteiger partial charge in [0.15, 0.2) is 5.65 Å². The summed E-state index contributed by atoms with van der Waals surface area (Å²) in [7, 11) is 0. The molecule has 2 saturated carbocycles. The zero-order valence-corrected chi connectivity index (χ0v) is 15.7. The highest BCUT2D eigenvalue weighted by atomic mass is 35.5. The lowest BCUT2D eigenvalue weighted by Gasteiger charge is -2.30. The highest BCUT2D eigenvalue weighted by molar-refractivity contribution is 6.33. The molecule has 26 heavy (non-hydrogen) atoms. The third-order valence-electron chi connectivity index (χ3n) is 6.94. The van der Waals surface area contributed by atoms with E-state index in [1.165, 1.54) is 18.4 Å². The number of nitrogens with two attached hydrogens (primary N) is 1. The van der Waals surface area contributed by atoms with Gasteiger partial charge in [-0.15, -0.1) is 0 Å². The largest absolute Gasteiger partial charge is 0.396 e. The minimum absolute atomic E-state index is 0.00193. The van der Waals surface area contributed by atoms with E-state index in [0.717, 1.165) is 55.7 Å². The molecular formula is C19H26ClN5O. The average Bonchev–Trinajstić information content (AvgIpc) is 3.39. The van der Waals surface area contributed by atoms with Crippen LogP contribution in [0.3, 0.4) is 0 Å². The second-order valence-electron chi connectivity index (χ2n) is 8.38. The first kappa shape index (κ1) is 16.8. The van der Waals surface area contributed by atoms with Crippen molar-refractivity contribution in [2.24, 2.45) is 11.7 Å². The molecule has 2 aromatic rings. The molecule has 1 unspecified atom stereocenters. The van der Waals surface area contributed by atoms with Gasteiger partial charge >= 0.3 is 0 Å². The van der Waals surface area contributed by atoms with Gasteiger partial charge in [-0.2, -0.15) is 9.61 Å². The standard InChI is InChI=1S/C19H26ClN5O/c20-15-9-22-25-17(23-13-4-3-12(21)8-13)14-7-11(10-26)19(5-1-2-6-19)16(14)24-18(15)25/h9,11-13,23,26H,1-8,10,21H2/t11?,12-,13-/m0/s1. The van der Waals surface area contributed by atoms with Crippen molar-refractivity contribution >= 4 is 23.1 Å². The lowest BCUT2D eigenvalue weighted by molar-refractivity contribution is 0.162. The van der Waals surface area contributed by atoms with Gasteiger partial charge in [-0.3, -0.25) is 0 Å². The molecule has 0 aromatic carbocycles. The van der Waals surface area contributed by atoms with Crippen LogP contribution in [0.15, 0.2) is 6.20 Å². The average molecular weight is 376 g/mol. The number of anilines is 1. The number of aromatic nitrogens is 3. The molecule has 7 heteroatoms. The summed E-state index contributed by atoms with van der Waals surface area (Å²) in [5, 5.41) is 18.9. The monoisotopic (exact) mass is 375 g/mol. The maximum absolute atomic E-state index is 10.1. The third kappa shape index (κ3) is 2.31. The Balaban J connectivity index is 1.67. The molecule has 5 rings (SSSR count). The van der Waals surface area contributed by atoms with Gasteiger partial charge in [0.1, 0.15) is 10.8 Å². The summed E-state index contributed by atoms with van der Waals surface area (Å²) in [6.07, 6.45) is 10.2. The fourth-order valence-corrected chi connectivity index (χ4v) is 5.79. The Kier molecular flexibility index (Phi) is 3.92. The van der Waals surface area contributed by atoms with Gasteiger partial charge in [0.05, 0.1) is 11.9 Å². The molecule has 4 N–H and O–H groups in total. The summed E-state index contributed by atoms with van der Waals surface area (Å²) in [4.78, 5) is 4.99. The van der Waals surface area contributed by atoms with Crippen molar-refractivity contribution in [1.82, 2.24) is 14.6 Å². The fraction of sp³-hybridized carbons (Fsp3) is 0.684. The van der Waals surface area contributed by atoms with Gasteiger partial charge in [-0.1, -0.05) is 24.4 Å². The van der Waals surface area contributed by atoms with Crippen LogP contribution in [-0.2, 0) is 11.8 Å². The number of hydrogen-bond donors (Lipinski definition) is 3. The second kappa shape index (κ2) is 6.08. The molecule has 0 radical (unpaired) electrons. The molecule has 0 saturated heterocycles. The summed E-state index contributed by atoms with van der Waals surface area (Å²) in [6, 6.07) is 0.626. The molecule has 3 aliphatic carbocycles. The molecule has 140 valence electrons. The zero-order chi connectivity index (χ0) is 17.9. The Labute approximate surface area is 158 Å². The Morgan fingerprint density at radius 1 is 1.35 bits per heavy atom. The van der Waals surface area contributed by atoms with Crippen LogP contribution in [0.4, 0.5) is 5.82 Å². The number of rotatable bonds is 3. The maximum atomic E-state index is 10.1. The molecule has 0 aliphatic heterocycles. The third-order valence-corrected chi connectivity index (χ3v) is 7.20. The first-order chi connectivity index (χ1) is 12.6. The van der Waals surface area contributed by atoms with Crippen LogP contribution < -0.4 is 11.1 Å². The molecule has 0 bridgehead atoms. The summed E-state index contributed by atoms with van der Waals surface area (Å²) in [5.41, 5.74) is 9.21. The maximum Gasteiger partial charge on any atom is 0.176 e.